The second-order valence-electron chi connectivity index (χ2n) is 5.60. The van der Waals surface area contributed by atoms with Crippen molar-refractivity contribution in [1.29, 1.82) is 0 Å². The summed E-state index contributed by atoms with van der Waals surface area (Å²) in [4.78, 5) is 23.6. The second-order valence-corrected chi connectivity index (χ2v) is 5.60. The van der Waals surface area contributed by atoms with E-state index in [1.54, 1.807) is 6.07 Å². The molecule has 0 radical (unpaired) electrons. The smallest absolute Gasteiger partial charge is 0.194 e. The number of rotatable bonds is 4. The van der Waals surface area contributed by atoms with Crippen molar-refractivity contribution in [2.24, 2.45) is 5.92 Å². The van der Waals surface area contributed by atoms with Gasteiger partial charge in [0.15, 0.2) is 11.2 Å². The minimum atomic E-state index is 0.127. The second kappa shape index (κ2) is 4.34. The molecule has 0 heterocycles. The van der Waals surface area contributed by atoms with Crippen LogP contribution < -0.4 is 5.43 Å². The fraction of sp³-hybridized carbons (Fsp3) is 0.500. The molecule has 0 N–H and O–H groups in total. The summed E-state index contributed by atoms with van der Waals surface area (Å²) in [7, 11) is 0. The summed E-state index contributed by atoms with van der Waals surface area (Å²) in [5.41, 5.74) is 1.79. The van der Waals surface area contributed by atoms with E-state index in [0.717, 1.165) is 34.2 Å². The van der Waals surface area contributed by atoms with Crippen molar-refractivity contribution in [3.05, 3.63) is 33.5 Å². The van der Waals surface area contributed by atoms with Crippen molar-refractivity contribution in [3.63, 3.8) is 0 Å². The number of carbonyl (C=O) groups excluding carboxylic acids is 1. The number of ketones is 1. The quantitative estimate of drug-likeness (QED) is 0.768. The molecule has 1 aliphatic carbocycles. The number of fused-ring (bicyclic) bond motifs is 1. The van der Waals surface area contributed by atoms with Gasteiger partial charge in [-0.2, -0.15) is 0 Å². The zero-order valence-electron chi connectivity index (χ0n) is 10.8. The molecule has 2 heteroatoms. The summed E-state index contributed by atoms with van der Waals surface area (Å²) in [6.07, 6.45) is 6.88. The molecule has 2 aromatic rings. The van der Waals surface area contributed by atoms with Crippen LogP contribution in [-0.4, -0.2) is 5.78 Å². The van der Waals surface area contributed by atoms with Crippen molar-refractivity contribution in [3.8, 4) is 0 Å². The number of benzene rings is 1. The Morgan fingerprint density at radius 1 is 1.28 bits per heavy atom. The monoisotopic (exact) mass is 242 g/mol. The van der Waals surface area contributed by atoms with Crippen molar-refractivity contribution in [2.45, 2.75) is 45.4 Å². The molecular formula is C16H18O2. The summed E-state index contributed by atoms with van der Waals surface area (Å²) in [5, 5.41) is 1.60. The summed E-state index contributed by atoms with van der Waals surface area (Å²) < 4.78 is 0. The van der Waals surface area contributed by atoms with Crippen molar-refractivity contribution >= 4 is 16.6 Å². The van der Waals surface area contributed by atoms with E-state index in [1.165, 1.54) is 25.7 Å². The highest BCUT2D eigenvalue weighted by atomic mass is 16.1. The first-order valence-electron chi connectivity index (χ1n) is 6.90. The Hall–Kier alpha value is -1.44. The molecule has 0 atom stereocenters. The Bertz CT molecular complexity index is 608. The molecule has 0 spiro atoms. The molecule has 3 rings (SSSR count). The van der Waals surface area contributed by atoms with E-state index in [0.29, 0.717) is 6.42 Å². The lowest BCUT2D eigenvalue weighted by Crippen LogP contribution is -2.04. The van der Waals surface area contributed by atoms with Crippen LogP contribution in [-0.2, 0) is 0 Å². The van der Waals surface area contributed by atoms with E-state index in [2.05, 4.69) is 0 Å². The number of carbonyl (C=O) groups is 1. The average Bonchev–Trinajstić information content (AvgIpc) is 2.79. The Balaban J connectivity index is 1.71. The van der Waals surface area contributed by atoms with E-state index in [4.69, 9.17) is 0 Å². The molecule has 1 aliphatic rings. The largest absolute Gasteiger partial charge is 0.294 e. The Morgan fingerprint density at radius 3 is 2.72 bits per heavy atom. The van der Waals surface area contributed by atoms with Gasteiger partial charge in [0.1, 0.15) is 0 Å². The lowest BCUT2D eigenvalue weighted by Gasteiger charge is -2.08. The van der Waals surface area contributed by atoms with Gasteiger partial charge >= 0.3 is 0 Å². The third-order valence-corrected chi connectivity index (χ3v) is 4.43. The molecular weight excluding hydrogens is 224 g/mol. The fourth-order valence-corrected chi connectivity index (χ4v) is 3.21. The summed E-state index contributed by atoms with van der Waals surface area (Å²) >= 11 is 0. The molecule has 18 heavy (non-hydrogen) atoms. The predicted octanol–water partition coefficient (Wildman–Crippen LogP) is 3.54. The highest BCUT2D eigenvalue weighted by Crippen LogP contribution is 2.30. The van der Waals surface area contributed by atoms with Crippen LogP contribution in [0.5, 0.6) is 0 Å². The maximum Gasteiger partial charge on any atom is 0.194 e. The third kappa shape index (κ3) is 1.90. The molecule has 0 bridgehead atoms. The number of hydrogen-bond donors (Lipinski definition) is 0. The lowest BCUT2D eigenvalue weighted by molar-refractivity contribution is 0.0973. The molecule has 94 valence electrons. The first-order chi connectivity index (χ1) is 8.68. The minimum Gasteiger partial charge on any atom is -0.294 e. The van der Waals surface area contributed by atoms with Crippen molar-refractivity contribution in [2.75, 3.05) is 0 Å². The maximum atomic E-state index is 12.2. The Labute approximate surface area is 107 Å². The van der Waals surface area contributed by atoms with Crippen LogP contribution in [0, 0.1) is 12.8 Å². The lowest BCUT2D eigenvalue weighted by atomic mass is 9.96. The molecule has 0 unspecified atom stereocenters. The summed E-state index contributed by atoms with van der Waals surface area (Å²) in [6, 6.07) is 3.63. The van der Waals surface area contributed by atoms with Crippen LogP contribution in [0.15, 0.2) is 16.9 Å². The summed E-state index contributed by atoms with van der Waals surface area (Å²) in [6.45, 7) is 1.90. The average molecular weight is 242 g/mol. The van der Waals surface area contributed by atoms with Crippen LogP contribution in [0.25, 0.3) is 10.8 Å². The van der Waals surface area contributed by atoms with Gasteiger partial charge in [-0.25, -0.2) is 0 Å². The molecule has 1 saturated carbocycles. The zero-order valence-corrected chi connectivity index (χ0v) is 10.8. The topological polar surface area (TPSA) is 34.1 Å². The molecule has 0 amide bonds. The minimum absolute atomic E-state index is 0.127. The normalized spacial score (nSPS) is 16.9. The highest BCUT2D eigenvalue weighted by Gasteiger charge is 2.21. The highest BCUT2D eigenvalue weighted by molar-refractivity contribution is 6.07. The van der Waals surface area contributed by atoms with Crippen LogP contribution in [0.2, 0.25) is 0 Å². The van der Waals surface area contributed by atoms with E-state index in [1.807, 2.05) is 13.0 Å². The molecule has 0 saturated heterocycles. The van der Waals surface area contributed by atoms with Gasteiger partial charge in [-0.15, -0.1) is 0 Å². The van der Waals surface area contributed by atoms with Gasteiger partial charge < -0.3 is 0 Å². The summed E-state index contributed by atoms with van der Waals surface area (Å²) in [5.74, 6) is 0.960. The Morgan fingerprint density at radius 2 is 2.00 bits per heavy atom. The number of aryl methyl sites for hydroxylation is 1. The maximum absolute atomic E-state index is 12.2. The van der Waals surface area contributed by atoms with Gasteiger partial charge in [0, 0.05) is 22.8 Å². The van der Waals surface area contributed by atoms with Crippen molar-refractivity contribution in [1.82, 2.24) is 0 Å². The molecule has 0 aromatic heterocycles. The first-order valence-corrected chi connectivity index (χ1v) is 6.90. The van der Waals surface area contributed by atoms with E-state index < -0.39 is 0 Å². The van der Waals surface area contributed by atoms with E-state index in [9.17, 15) is 9.59 Å². The van der Waals surface area contributed by atoms with Gasteiger partial charge in [-0.1, -0.05) is 31.7 Å². The van der Waals surface area contributed by atoms with Crippen LogP contribution in [0.3, 0.4) is 0 Å². The zero-order chi connectivity index (χ0) is 12.7. The molecule has 2 nitrogen and oxygen atoms in total. The van der Waals surface area contributed by atoms with E-state index >= 15 is 0 Å². The predicted molar refractivity (Wildman–Crippen MR) is 72.8 cm³/mol. The first kappa shape index (κ1) is 11.6. The third-order valence-electron chi connectivity index (χ3n) is 4.43. The SMILES string of the molecule is Cc1c(C(=O)CCC2CCCC2)ccc2c(=O)c12. The Kier molecular flexibility index (Phi) is 2.81. The van der Waals surface area contributed by atoms with Gasteiger partial charge in [-0.05, 0) is 30.9 Å². The number of Topliss-reactive ketones (excluding diaryl/α,β-unsaturated/α-hetero) is 1. The van der Waals surface area contributed by atoms with Crippen molar-refractivity contribution < 1.29 is 4.79 Å². The van der Waals surface area contributed by atoms with Crippen LogP contribution in [0.4, 0.5) is 0 Å². The number of hydrogen-bond acceptors (Lipinski definition) is 2. The van der Waals surface area contributed by atoms with Gasteiger partial charge in [0.25, 0.3) is 0 Å². The van der Waals surface area contributed by atoms with Gasteiger partial charge in [-0.3, -0.25) is 9.59 Å². The standard InChI is InChI=1S/C16H18O2/c1-10-12(7-8-13-15(10)16(13)18)14(17)9-6-11-4-2-3-5-11/h7-8,11H,2-6,9H2,1H3. The van der Waals surface area contributed by atoms with Gasteiger partial charge in [0.05, 0.1) is 0 Å². The van der Waals surface area contributed by atoms with Crippen LogP contribution >= 0.6 is 0 Å². The van der Waals surface area contributed by atoms with Gasteiger partial charge in [0.2, 0.25) is 0 Å². The van der Waals surface area contributed by atoms with Crippen LogP contribution in [0.1, 0.15) is 54.4 Å². The van der Waals surface area contributed by atoms with E-state index in [-0.39, 0.29) is 11.2 Å². The molecule has 1 fully saturated rings. The molecule has 0 aliphatic heterocycles. The molecule has 2 aromatic carbocycles. The fourth-order valence-electron chi connectivity index (χ4n) is 3.21.